The Morgan fingerprint density at radius 1 is 1.44 bits per heavy atom. The lowest BCUT2D eigenvalue weighted by Gasteiger charge is -1.88. The van der Waals surface area contributed by atoms with E-state index >= 15 is 0 Å². The van der Waals surface area contributed by atoms with Gasteiger partial charge in [0.15, 0.2) is 0 Å². The highest BCUT2D eigenvalue weighted by Gasteiger charge is 2.11. The van der Waals surface area contributed by atoms with E-state index < -0.39 is 6.43 Å². The van der Waals surface area contributed by atoms with E-state index in [1.807, 2.05) is 0 Å². The zero-order chi connectivity index (χ0) is 12.6. The lowest BCUT2D eigenvalue weighted by atomic mass is 10.3. The number of nitrogens with zero attached hydrogens (tertiary/aromatic N) is 2. The summed E-state index contributed by atoms with van der Waals surface area (Å²) in [6, 6.07) is 1.15. The largest absolute Gasteiger partial charge is 0.282 e. The van der Waals surface area contributed by atoms with Gasteiger partial charge in [0.25, 0.3) is 6.43 Å². The topological polar surface area (TPSA) is 17.8 Å². The molecule has 6 heteroatoms. The first-order valence-corrected chi connectivity index (χ1v) is 5.97. The van der Waals surface area contributed by atoms with E-state index in [2.05, 4.69) is 12.0 Å². The van der Waals surface area contributed by atoms with Gasteiger partial charge in [0.1, 0.15) is 10.8 Å². The fourth-order valence-corrected chi connectivity index (χ4v) is 1.25. The summed E-state index contributed by atoms with van der Waals surface area (Å²) in [5.41, 5.74) is -0.285. The Labute approximate surface area is 105 Å². The summed E-state index contributed by atoms with van der Waals surface area (Å²) >= 11 is 10.8. The Hall–Kier alpha value is -0.350. The van der Waals surface area contributed by atoms with Gasteiger partial charge < -0.3 is 0 Å². The van der Waals surface area contributed by atoms with Crippen molar-refractivity contribution >= 4 is 23.2 Å². The molecule has 1 aromatic heterocycles. The molecule has 0 saturated heterocycles. The highest BCUT2D eigenvalue weighted by atomic mass is 35.5. The van der Waals surface area contributed by atoms with Gasteiger partial charge >= 0.3 is 0 Å². The zero-order valence-corrected chi connectivity index (χ0v) is 10.9. The molecule has 1 rings (SSSR count). The van der Waals surface area contributed by atoms with Gasteiger partial charge in [0, 0.05) is 19.0 Å². The van der Waals surface area contributed by atoms with Crippen LogP contribution in [-0.4, -0.2) is 15.7 Å². The quantitative estimate of drug-likeness (QED) is 0.586. The number of hydrogen-bond acceptors (Lipinski definition) is 1. The molecule has 0 spiro atoms. The van der Waals surface area contributed by atoms with Gasteiger partial charge in [-0.05, 0) is 6.42 Å². The molecule has 0 radical (unpaired) electrons. The van der Waals surface area contributed by atoms with Crippen molar-refractivity contribution < 1.29 is 8.78 Å². The van der Waals surface area contributed by atoms with Crippen molar-refractivity contribution in [3.8, 4) is 0 Å². The Morgan fingerprint density at radius 2 is 2.06 bits per heavy atom. The highest BCUT2D eigenvalue weighted by molar-refractivity contribution is 6.29. The van der Waals surface area contributed by atoms with Crippen molar-refractivity contribution in [3.63, 3.8) is 0 Å². The molecule has 0 saturated carbocycles. The summed E-state index contributed by atoms with van der Waals surface area (Å²) < 4.78 is 24.8. The third kappa shape index (κ3) is 6.28. The minimum atomic E-state index is -2.54. The van der Waals surface area contributed by atoms with Crippen molar-refractivity contribution in [2.75, 3.05) is 5.88 Å². The van der Waals surface area contributed by atoms with E-state index in [0.29, 0.717) is 0 Å². The number of alkyl halides is 3. The predicted octanol–water partition coefficient (Wildman–Crippen LogP) is 4.43. The van der Waals surface area contributed by atoms with Crippen LogP contribution in [0, 0.1) is 0 Å². The van der Waals surface area contributed by atoms with Crippen molar-refractivity contribution in [1.29, 1.82) is 0 Å². The van der Waals surface area contributed by atoms with Gasteiger partial charge in [0.05, 0.1) is 0 Å². The summed E-state index contributed by atoms with van der Waals surface area (Å²) in [6.07, 6.45) is 1.19. The standard InChI is InChI=1S/C5H5ClF2N2.C5H11Cl/c1-10-4(6)2-3(9-10)5(7)8;1-2-3-4-5-6/h2,5H,1H3;2-5H2,1H3. The van der Waals surface area contributed by atoms with Crippen LogP contribution in [0.25, 0.3) is 0 Å². The van der Waals surface area contributed by atoms with Crippen LogP contribution in [0.3, 0.4) is 0 Å². The van der Waals surface area contributed by atoms with Crippen LogP contribution in [0.2, 0.25) is 5.15 Å². The normalized spacial score (nSPS) is 10.2. The highest BCUT2D eigenvalue weighted by Crippen LogP contribution is 2.19. The Bertz CT molecular complexity index is 267. The minimum Gasteiger partial charge on any atom is -0.257 e. The van der Waals surface area contributed by atoms with Crippen LogP contribution in [0.15, 0.2) is 6.07 Å². The van der Waals surface area contributed by atoms with Crippen LogP contribution in [0.1, 0.15) is 38.3 Å². The molecule has 0 aliphatic carbocycles. The Balaban J connectivity index is 0.000000325. The van der Waals surface area contributed by atoms with Gasteiger partial charge in [-0.25, -0.2) is 8.78 Å². The van der Waals surface area contributed by atoms with E-state index in [4.69, 9.17) is 23.2 Å². The summed E-state index contributed by atoms with van der Waals surface area (Å²) in [5.74, 6) is 0.827. The minimum absolute atomic E-state index is 0.218. The van der Waals surface area contributed by atoms with E-state index in [0.717, 1.165) is 11.9 Å². The molecule has 0 aliphatic heterocycles. The van der Waals surface area contributed by atoms with Crippen molar-refractivity contribution in [2.24, 2.45) is 7.05 Å². The van der Waals surface area contributed by atoms with Gasteiger partial charge in [-0.1, -0.05) is 31.4 Å². The average molecular weight is 273 g/mol. The van der Waals surface area contributed by atoms with Crippen molar-refractivity contribution in [3.05, 3.63) is 16.9 Å². The first kappa shape index (κ1) is 15.7. The fourth-order valence-electron chi connectivity index (χ4n) is 0.916. The second kappa shape index (κ2) is 8.76. The molecule has 0 amide bonds. The second-order valence-corrected chi connectivity index (χ2v) is 3.98. The lowest BCUT2D eigenvalue weighted by molar-refractivity contribution is 0.145. The predicted molar refractivity (Wildman–Crippen MR) is 63.4 cm³/mol. The van der Waals surface area contributed by atoms with E-state index in [9.17, 15) is 8.78 Å². The summed E-state index contributed by atoms with van der Waals surface area (Å²) in [5, 5.41) is 3.66. The maximum Gasteiger partial charge on any atom is 0.282 e. The molecule has 0 fully saturated rings. The van der Waals surface area contributed by atoms with E-state index in [1.54, 1.807) is 0 Å². The average Bonchev–Trinajstić information content (AvgIpc) is 2.57. The summed E-state index contributed by atoms with van der Waals surface area (Å²) in [6.45, 7) is 2.17. The Morgan fingerprint density at radius 3 is 2.25 bits per heavy atom. The van der Waals surface area contributed by atoms with Crippen molar-refractivity contribution in [2.45, 2.75) is 32.6 Å². The summed E-state index contributed by atoms with van der Waals surface area (Å²) in [4.78, 5) is 0. The number of hydrogen-bond donors (Lipinski definition) is 0. The third-order valence-corrected chi connectivity index (χ3v) is 2.42. The molecular formula is C10H16Cl2F2N2. The molecule has 0 atom stereocenters. The monoisotopic (exact) mass is 272 g/mol. The lowest BCUT2D eigenvalue weighted by Crippen LogP contribution is -1.91. The van der Waals surface area contributed by atoms with E-state index in [-0.39, 0.29) is 10.8 Å². The Kier molecular flexibility index (Phi) is 8.57. The van der Waals surface area contributed by atoms with Crippen LogP contribution >= 0.6 is 23.2 Å². The molecule has 1 heterocycles. The first-order chi connectivity index (χ1) is 7.52. The van der Waals surface area contributed by atoms with E-state index in [1.165, 1.54) is 31.0 Å². The first-order valence-electron chi connectivity index (χ1n) is 5.06. The molecule has 0 unspecified atom stereocenters. The molecule has 1 aromatic rings. The third-order valence-electron chi connectivity index (χ3n) is 1.80. The molecule has 94 valence electrons. The van der Waals surface area contributed by atoms with Crippen LogP contribution < -0.4 is 0 Å². The molecule has 0 bridgehead atoms. The zero-order valence-electron chi connectivity index (χ0n) is 9.39. The number of aryl methyl sites for hydroxylation is 1. The maximum absolute atomic E-state index is 11.8. The molecular weight excluding hydrogens is 257 g/mol. The number of unbranched alkanes of at least 4 members (excludes halogenated alkanes) is 2. The maximum atomic E-state index is 11.8. The van der Waals surface area contributed by atoms with Crippen LogP contribution in [0.4, 0.5) is 8.78 Å². The SMILES string of the molecule is CCCCCCl.Cn1nc(C(F)F)cc1Cl. The van der Waals surface area contributed by atoms with Gasteiger partial charge in [-0.3, -0.25) is 4.68 Å². The molecule has 16 heavy (non-hydrogen) atoms. The fraction of sp³-hybridized carbons (Fsp3) is 0.700. The second-order valence-electron chi connectivity index (χ2n) is 3.21. The number of halogens is 4. The number of rotatable bonds is 4. The molecule has 2 nitrogen and oxygen atoms in total. The molecule has 0 N–H and O–H groups in total. The molecule has 0 aliphatic rings. The van der Waals surface area contributed by atoms with Gasteiger partial charge in [0.2, 0.25) is 0 Å². The summed E-state index contributed by atoms with van der Waals surface area (Å²) in [7, 11) is 1.51. The van der Waals surface area contributed by atoms with Crippen LogP contribution in [0.5, 0.6) is 0 Å². The van der Waals surface area contributed by atoms with Crippen LogP contribution in [-0.2, 0) is 7.05 Å². The number of aromatic nitrogens is 2. The molecule has 0 aromatic carbocycles. The van der Waals surface area contributed by atoms with Gasteiger partial charge in [-0.2, -0.15) is 5.10 Å². The van der Waals surface area contributed by atoms with Gasteiger partial charge in [-0.15, -0.1) is 11.6 Å². The van der Waals surface area contributed by atoms with Crippen molar-refractivity contribution in [1.82, 2.24) is 9.78 Å². The smallest absolute Gasteiger partial charge is 0.257 e.